The van der Waals surface area contributed by atoms with Crippen molar-refractivity contribution < 1.29 is 18.8 Å². The monoisotopic (exact) mass is 392 g/mol. The molecule has 29 heavy (non-hydrogen) atoms. The fourth-order valence-corrected chi connectivity index (χ4v) is 3.63. The highest BCUT2D eigenvalue weighted by molar-refractivity contribution is 5.96. The van der Waals surface area contributed by atoms with Crippen LogP contribution in [0, 0.1) is 0 Å². The first-order valence-corrected chi connectivity index (χ1v) is 9.54. The predicted molar refractivity (Wildman–Crippen MR) is 105 cm³/mol. The molecule has 2 aliphatic rings. The molecule has 0 aliphatic carbocycles. The summed E-state index contributed by atoms with van der Waals surface area (Å²) < 4.78 is 16.6. The molecule has 0 radical (unpaired) electrons. The Morgan fingerprint density at radius 2 is 1.86 bits per heavy atom. The zero-order chi connectivity index (χ0) is 19.8. The molecule has 8 nitrogen and oxygen atoms in total. The van der Waals surface area contributed by atoms with Crippen molar-refractivity contribution >= 4 is 11.6 Å². The summed E-state index contributed by atoms with van der Waals surface area (Å²) in [7, 11) is 0. The van der Waals surface area contributed by atoms with E-state index < -0.39 is 0 Å². The van der Waals surface area contributed by atoms with E-state index in [1.165, 1.54) is 0 Å². The largest absolute Gasteiger partial charge is 0.486 e. The Hall–Kier alpha value is -3.39. The molecule has 2 N–H and O–H groups in total. The summed E-state index contributed by atoms with van der Waals surface area (Å²) in [5.74, 6) is 2.19. The smallest absolute Gasteiger partial charge is 0.232 e. The number of anilines is 1. The maximum absolute atomic E-state index is 12.6. The summed E-state index contributed by atoms with van der Waals surface area (Å²) in [5, 5.41) is 4.08. The maximum atomic E-state index is 12.6. The molecule has 148 valence electrons. The van der Waals surface area contributed by atoms with Gasteiger partial charge in [0.2, 0.25) is 17.6 Å². The molecule has 3 heterocycles. The molecule has 1 amide bonds. The normalized spacial score (nSPS) is 18.3. The number of amides is 1. The second-order valence-electron chi connectivity index (χ2n) is 7.09. The minimum atomic E-state index is -0.153. The van der Waals surface area contributed by atoms with E-state index in [0.717, 1.165) is 16.8 Å². The van der Waals surface area contributed by atoms with E-state index in [2.05, 4.69) is 10.1 Å². The van der Waals surface area contributed by atoms with Crippen LogP contribution in [0.2, 0.25) is 0 Å². The van der Waals surface area contributed by atoms with Crippen molar-refractivity contribution in [2.45, 2.75) is 18.9 Å². The highest BCUT2D eigenvalue weighted by Crippen LogP contribution is 2.37. The van der Waals surface area contributed by atoms with Crippen molar-refractivity contribution in [3.05, 3.63) is 53.9 Å². The first-order valence-electron chi connectivity index (χ1n) is 9.54. The van der Waals surface area contributed by atoms with Gasteiger partial charge in [-0.25, -0.2) is 0 Å². The number of carbonyl (C=O) groups is 1. The molecule has 8 heteroatoms. The second kappa shape index (κ2) is 7.21. The number of nitrogens with zero attached hydrogens (tertiary/aromatic N) is 3. The molecule has 0 saturated carbocycles. The highest BCUT2D eigenvalue weighted by Gasteiger charge is 2.35. The SMILES string of the molecule is NCc1ccc(-c2noc(C3CC(=O)N(c4ccc5c(c4)OCCO5)C3)n2)cc1. The van der Waals surface area contributed by atoms with Crippen LogP contribution in [-0.4, -0.2) is 35.8 Å². The van der Waals surface area contributed by atoms with Gasteiger partial charge in [-0.3, -0.25) is 4.79 Å². The fourth-order valence-electron chi connectivity index (χ4n) is 3.63. The number of nitrogens with two attached hydrogens (primary N) is 1. The Bertz CT molecular complexity index is 1050. The van der Waals surface area contributed by atoms with Gasteiger partial charge >= 0.3 is 0 Å². The van der Waals surface area contributed by atoms with Crippen LogP contribution in [-0.2, 0) is 11.3 Å². The van der Waals surface area contributed by atoms with Gasteiger partial charge < -0.3 is 24.6 Å². The molecule has 5 rings (SSSR count). The van der Waals surface area contributed by atoms with Crippen molar-refractivity contribution in [1.82, 2.24) is 10.1 Å². The average Bonchev–Trinajstić information content (AvgIpc) is 3.40. The zero-order valence-electron chi connectivity index (χ0n) is 15.7. The van der Waals surface area contributed by atoms with Gasteiger partial charge in [-0.1, -0.05) is 29.4 Å². The maximum Gasteiger partial charge on any atom is 0.232 e. The average molecular weight is 392 g/mol. The van der Waals surface area contributed by atoms with E-state index >= 15 is 0 Å². The summed E-state index contributed by atoms with van der Waals surface area (Å²) in [6.45, 7) is 2.00. The molecule has 1 fully saturated rings. The lowest BCUT2D eigenvalue weighted by Crippen LogP contribution is -2.24. The fraction of sp³-hybridized carbons (Fsp3) is 0.286. The number of fused-ring (bicyclic) bond motifs is 1. The summed E-state index contributed by atoms with van der Waals surface area (Å²) in [5.41, 5.74) is 8.30. The third kappa shape index (κ3) is 3.31. The van der Waals surface area contributed by atoms with Crippen LogP contribution in [0.3, 0.4) is 0 Å². The molecular weight excluding hydrogens is 372 g/mol. The number of carbonyl (C=O) groups excluding carboxylic acids is 1. The Morgan fingerprint density at radius 1 is 1.07 bits per heavy atom. The van der Waals surface area contributed by atoms with Crippen molar-refractivity contribution in [2.75, 3.05) is 24.7 Å². The van der Waals surface area contributed by atoms with Crippen LogP contribution in [0.4, 0.5) is 5.69 Å². The number of benzene rings is 2. The van der Waals surface area contributed by atoms with Gasteiger partial charge in [0.05, 0.1) is 5.92 Å². The lowest BCUT2D eigenvalue weighted by atomic mass is 10.1. The van der Waals surface area contributed by atoms with E-state index in [0.29, 0.717) is 55.9 Å². The van der Waals surface area contributed by atoms with Gasteiger partial charge in [0, 0.05) is 36.8 Å². The first kappa shape index (κ1) is 17.7. The number of aromatic nitrogens is 2. The molecule has 0 spiro atoms. The summed E-state index contributed by atoms with van der Waals surface area (Å²) in [6, 6.07) is 13.2. The lowest BCUT2D eigenvalue weighted by molar-refractivity contribution is -0.117. The Kier molecular flexibility index (Phi) is 4.40. The molecule has 1 unspecified atom stereocenters. The minimum absolute atomic E-state index is 0.0127. The summed E-state index contributed by atoms with van der Waals surface area (Å²) in [6.07, 6.45) is 0.322. The number of hydrogen-bond donors (Lipinski definition) is 1. The van der Waals surface area contributed by atoms with E-state index in [-0.39, 0.29) is 11.8 Å². The van der Waals surface area contributed by atoms with Crippen LogP contribution in [0.1, 0.15) is 23.8 Å². The zero-order valence-corrected chi connectivity index (χ0v) is 15.7. The van der Waals surface area contributed by atoms with Crippen molar-refractivity contribution in [3.63, 3.8) is 0 Å². The molecule has 1 atom stereocenters. The van der Waals surface area contributed by atoms with Crippen molar-refractivity contribution in [2.24, 2.45) is 5.73 Å². The number of ether oxygens (including phenoxy) is 2. The first-order chi connectivity index (χ1) is 14.2. The third-order valence-electron chi connectivity index (χ3n) is 5.20. The van der Waals surface area contributed by atoms with Crippen molar-refractivity contribution in [1.29, 1.82) is 0 Å². The van der Waals surface area contributed by atoms with Crippen LogP contribution >= 0.6 is 0 Å². The topological polar surface area (TPSA) is 104 Å². The molecule has 2 aliphatic heterocycles. The van der Waals surface area contributed by atoms with Crippen LogP contribution < -0.4 is 20.1 Å². The van der Waals surface area contributed by atoms with E-state index in [9.17, 15) is 4.79 Å². The quantitative estimate of drug-likeness (QED) is 0.727. The van der Waals surface area contributed by atoms with Gasteiger partial charge in [-0.2, -0.15) is 4.98 Å². The van der Waals surface area contributed by atoms with Gasteiger partial charge in [-0.15, -0.1) is 0 Å². The molecule has 3 aromatic rings. The van der Waals surface area contributed by atoms with Gasteiger partial charge in [0.25, 0.3) is 0 Å². The molecule has 1 aromatic heterocycles. The highest BCUT2D eigenvalue weighted by atomic mass is 16.6. The Morgan fingerprint density at radius 3 is 2.66 bits per heavy atom. The van der Waals surface area contributed by atoms with Gasteiger partial charge in [-0.05, 0) is 17.7 Å². The Balaban J connectivity index is 1.34. The summed E-state index contributed by atoms with van der Waals surface area (Å²) in [4.78, 5) is 18.9. The van der Waals surface area contributed by atoms with E-state index in [1.807, 2.05) is 42.5 Å². The second-order valence-corrected chi connectivity index (χ2v) is 7.09. The third-order valence-corrected chi connectivity index (χ3v) is 5.20. The molecule has 0 bridgehead atoms. The van der Waals surface area contributed by atoms with Crippen LogP contribution in [0.25, 0.3) is 11.4 Å². The number of hydrogen-bond acceptors (Lipinski definition) is 7. The summed E-state index contributed by atoms with van der Waals surface area (Å²) >= 11 is 0. The van der Waals surface area contributed by atoms with Crippen LogP contribution in [0.15, 0.2) is 47.0 Å². The predicted octanol–water partition coefficient (Wildman–Crippen LogP) is 2.49. The molecule has 2 aromatic carbocycles. The molecule has 1 saturated heterocycles. The molecular formula is C21H20N4O4. The van der Waals surface area contributed by atoms with Gasteiger partial charge in [0.15, 0.2) is 11.5 Å². The van der Waals surface area contributed by atoms with E-state index in [1.54, 1.807) is 4.90 Å². The van der Waals surface area contributed by atoms with E-state index in [4.69, 9.17) is 19.7 Å². The van der Waals surface area contributed by atoms with Gasteiger partial charge in [0.1, 0.15) is 13.2 Å². The lowest BCUT2D eigenvalue weighted by Gasteiger charge is -2.22. The Labute approximate surface area is 167 Å². The minimum Gasteiger partial charge on any atom is -0.486 e. The van der Waals surface area contributed by atoms with Crippen molar-refractivity contribution in [3.8, 4) is 22.9 Å². The number of rotatable bonds is 4. The van der Waals surface area contributed by atoms with Crippen LogP contribution in [0.5, 0.6) is 11.5 Å². The standard InChI is InChI=1S/C21H20N4O4/c22-11-13-1-3-14(4-2-13)20-23-21(29-24-20)15-9-19(26)25(12-15)16-5-6-17-18(10-16)28-8-7-27-17/h1-6,10,15H,7-9,11-12,22H2.